The second-order valence-corrected chi connectivity index (χ2v) is 3.80. The number of halogens is 1. The van der Waals surface area contributed by atoms with Crippen molar-refractivity contribution in [3.05, 3.63) is 0 Å². The molecule has 84 valence electrons. The van der Waals surface area contributed by atoms with Crippen LogP contribution in [0.1, 0.15) is 19.3 Å². The molecule has 1 rings (SSSR count). The molecule has 1 N–H and O–H groups in total. The number of nitrogens with zero attached hydrogens (tertiary/aromatic N) is 1. The molecular formula is C10H20FNO2. The molecule has 14 heavy (non-hydrogen) atoms. The van der Waals surface area contributed by atoms with E-state index in [1.807, 2.05) is 0 Å². The van der Waals surface area contributed by atoms with Crippen LogP contribution < -0.4 is 0 Å². The van der Waals surface area contributed by atoms with E-state index in [1.54, 1.807) is 7.11 Å². The molecule has 1 aliphatic rings. The van der Waals surface area contributed by atoms with Gasteiger partial charge in [-0.2, -0.15) is 0 Å². The second kappa shape index (κ2) is 6.32. The average molecular weight is 205 g/mol. The SMILES string of the molecule is COCC1CCC(CO)N1CCCF. The largest absolute Gasteiger partial charge is 0.395 e. The lowest BCUT2D eigenvalue weighted by atomic mass is 10.2. The fourth-order valence-electron chi connectivity index (χ4n) is 2.19. The van der Waals surface area contributed by atoms with Gasteiger partial charge in [0.1, 0.15) is 0 Å². The van der Waals surface area contributed by atoms with Crippen LogP contribution in [0.3, 0.4) is 0 Å². The van der Waals surface area contributed by atoms with E-state index in [9.17, 15) is 4.39 Å². The molecule has 0 spiro atoms. The normalized spacial score (nSPS) is 28.5. The highest BCUT2D eigenvalue weighted by Crippen LogP contribution is 2.24. The quantitative estimate of drug-likeness (QED) is 0.696. The Balaban J connectivity index is 2.42. The van der Waals surface area contributed by atoms with Crippen molar-refractivity contribution >= 4 is 0 Å². The summed E-state index contributed by atoms with van der Waals surface area (Å²) in [7, 11) is 1.68. The number of hydrogen-bond donors (Lipinski definition) is 1. The van der Waals surface area contributed by atoms with E-state index in [4.69, 9.17) is 9.84 Å². The van der Waals surface area contributed by atoms with Crippen molar-refractivity contribution < 1.29 is 14.2 Å². The first-order valence-electron chi connectivity index (χ1n) is 5.25. The molecule has 0 radical (unpaired) electrons. The first-order valence-corrected chi connectivity index (χ1v) is 5.25. The molecule has 0 aromatic heterocycles. The molecule has 0 saturated carbocycles. The van der Waals surface area contributed by atoms with E-state index in [0.717, 1.165) is 19.4 Å². The molecule has 1 heterocycles. The number of likely N-dealkylation sites (tertiary alicyclic amines) is 1. The van der Waals surface area contributed by atoms with E-state index in [0.29, 0.717) is 19.1 Å². The fourth-order valence-corrected chi connectivity index (χ4v) is 2.19. The first kappa shape index (κ1) is 11.9. The van der Waals surface area contributed by atoms with Gasteiger partial charge < -0.3 is 9.84 Å². The van der Waals surface area contributed by atoms with Gasteiger partial charge in [-0.05, 0) is 19.3 Å². The van der Waals surface area contributed by atoms with E-state index < -0.39 is 0 Å². The van der Waals surface area contributed by atoms with Crippen LogP contribution in [0.2, 0.25) is 0 Å². The van der Waals surface area contributed by atoms with Crippen LogP contribution in [0.4, 0.5) is 4.39 Å². The van der Waals surface area contributed by atoms with Crippen molar-refractivity contribution in [2.75, 3.05) is 33.5 Å². The van der Waals surface area contributed by atoms with Gasteiger partial charge in [-0.15, -0.1) is 0 Å². The summed E-state index contributed by atoms with van der Waals surface area (Å²) in [4.78, 5) is 2.18. The Bertz CT molecular complexity index is 157. The average Bonchev–Trinajstić information content (AvgIpc) is 2.58. The number of ether oxygens (including phenoxy) is 1. The molecule has 2 atom stereocenters. The monoisotopic (exact) mass is 205 g/mol. The summed E-state index contributed by atoms with van der Waals surface area (Å²) < 4.78 is 17.2. The Morgan fingerprint density at radius 3 is 2.71 bits per heavy atom. The molecule has 0 aromatic carbocycles. The third-order valence-corrected chi connectivity index (χ3v) is 2.89. The minimum absolute atomic E-state index is 0.173. The third-order valence-electron chi connectivity index (χ3n) is 2.89. The predicted octanol–water partition coefficient (Wildman–Crippen LogP) is 0.818. The number of methoxy groups -OCH3 is 1. The lowest BCUT2D eigenvalue weighted by molar-refractivity contribution is 0.0742. The summed E-state index contributed by atoms with van der Waals surface area (Å²) in [5.41, 5.74) is 0. The summed E-state index contributed by atoms with van der Waals surface area (Å²) in [6, 6.07) is 0.574. The summed E-state index contributed by atoms with van der Waals surface area (Å²) in [5.74, 6) is 0. The zero-order valence-electron chi connectivity index (χ0n) is 8.79. The summed E-state index contributed by atoms with van der Waals surface area (Å²) >= 11 is 0. The molecule has 4 heteroatoms. The van der Waals surface area contributed by atoms with E-state index in [1.165, 1.54) is 0 Å². The van der Waals surface area contributed by atoms with Crippen molar-refractivity contribution in [2.45, 2.75) is 31.3 Å². The minimum atomic E-state index is -0.283. The van der Waals surface area contributed by atoms with Gasteiger partial charge in [-0.3, -0.25) is 9.29 Å². The standard InChI is InChI=1S/C10H20FNO2/c1-14-8-10-4-3-9(7-13)12(10)6-2-5-11/h9-10,13H,2-8H2,1H3. The topological polar surface area (TPSA) is 32.7 Å². The van der Waals surface area contributed by atoms with Gasteiger partial charge in [0.2, 0.25) is 0 Å². The lowest BCUT2D eigenvalue weighted by Crippen LogP contribution is -2.41. The van der Waals surface area contributed by atoms with Crippen molar-refractivity contribution in [3.63, 3.8) is 0 Å². The van der Waals surface area contributed by atoms with Gasteiger partial charge in [-0.1, -0.05) is 0 Å². The van der Waals surface area contributed by atoms with Crippen LogP contribution in [-0.4, -0.2) is 55.6 Å². The highest BCUT2D eigenvalue weighted by Gasteiger charge is 2.32. The van der Waals surface area contributed by atoms with E-state index >= 15 is 0 Å². The van der Waals surface area contributed by atoms with Crippen molar-refractivity contribution in [1.82, 2.24) is 4.90 Å². The Morgan fingerprint density at radius 1 is 1.43 bits per heavy atom. The van der Waals surface area contributed by atoms with Gasteiger partial charge in [0, 0.05) is 25.7 Å². The molecule has 0 aliphatic carbocycles. The van der Waals surface area contributed by atoms with Crippen molar-refractivity contribution in [2.24, 2.45) is 0 Å². The van der Waals surface area contributed by atoms with Crippen LogP contribution in [0.5, 0.6) is 0 Å². The molecule has 1 saturated heterocycles. The molecule has 3 nitrogen and oxygen atoms in total. The Morgan fingerprint density at radius 2 is 2.14 bits per heavy atom. The second-order valence-electron chi connectivity index (χ2n) is 3.80. The van der Waals surface area contributed by atoms with E-state index in [-0.39, 0.29) is 19.3 Å². The van der Waals surface area contributed by atoms with Gasteiger partial charge in [-0.25, -0.2) is 0 Å². The number of aliphatic hydroxyl groups is 1. The molecule has 0 amide bonds. The Kier molecular flexibility index (Phi) is 5.37. The summed E-state index contributed by atoms with van der Waals surface area (Å²) in [5, 5.41) is 9.15. The molecular weight excluding hydrogens is 185 g/mol. The maximum atomic E-state index is 12.1. The van der Waals surface area contributed by atoms with Gasteiger partial charge in [0.25, 0.3) is 0 Å². The number of rotatable bonds is 6. The highest BCUT2D eigenvalue weighted by atomic mass is 19.1. The third kappa shape index (κ3) is 2.90. The van der Waals surface area contributed by atoms with Crippen LogP contribution in [0.15, 0.2) is 0 Å². The zero-order valence-corrected chi connectivity index (χ0v) is 8.79. The Hall–Kier alpha value is -0.190. The van der Waals surface area contributed by atoms with Crippen LogP contribution in [-0.2, 0) is 4.74 Å². The van der Waals surface area contributed by atoms with Gasteiger partial charge >= 0.3 is 0 Å². The number of hydrogen-bond acceptors (Lipinski definition) is 3. The fraction of sp³-hybridized carbons (Fsp3) is 1.00. The minimum Gasteiger partial charge on any atom is -0.395 e. The van der Waals surface area contributed by atoms with Crippen molar-refractivity contribution in [3.8, 4) is 0 Å². The van der Waals surface area contributed by atoms with Gasteiger partial charge in [0.05, 0.1) is 19.9 Å². The van der Waals surface area contributed by atoms with Crippen LogP contribution in [0, 0.1) is 0 Å². The lowest BCUT2D eigenvalue weighted by Gasteiger charge is -2.28. The van der Waals surface area contributed by atoms with Crippen LogP contribution >= 0.6 is 0 Å². The molecule has 1 fully saturated rings. The predicted molar refractivity (Wildman–Crippen MR) is 53.1 cm³/mol. The molecule has 1 aliphatic heterocycles. The molecule has 0 aromatic rings. The highest BCUT2D eigenvalue weighted by molar-refractivity contribution is 4.86. The number of aliphatic hydroxyl groups excluding tert-OH is 1. The maximum Gasteiger partial charge on any atom is 0.0906 e. The maximum absolute atomic E-state index is 12.1. The van der Waals surface area contributed by atoms with Crippen molar-refractivity contribution in [1.29, 1.82) is 0 Å². The van der Waals surface area contributed by atoms with Gasteiger partial charge in [0.15, 0.2) is 0 Å². The van der Waals surface area contributed by atoms with E-state index in [2.05, 4.69) is 4.90 Å². The number of alkyl halides is 1. The Labute approximate surface area is 84.9 Å². The first-order chi connectivity index (χ1) is 6.83. The van der Waals surface area contributed by atoms with Crippen LogP contribution in [0.25, 0.3) is 0 Å². The zero-order chi connectivity index (χ0) is 10.4. The molecule has 0 bridgehead atoms. The smallest absolute Gasteiger partial charge is 0.0906 e. The molecule has 2 unspecified atom stereocenters. The summed E-state index contributed by atoms with van der Waals surface area (Å²) in [6.07, 6.45) is 2.60. The summed E-state index contributed by atoms with van der Waals surface area (Å²) in [6.45, 7) is 1.30.